The SMILES string of the molecule is CCCCCCCC(NC(=O)CCCC)C(=O)N1CCC2CN(C3Cc4ccccc4C3)CC21. The van der Waals surface area contributed by atoms with Gasteiger partial charge in [0, 0.05) is 38.1 Å². The van der Waals surface area contributed by atoms with Crippen LogP contribution in [0, 0.1) is 5.92 Å². The number of rotatable bonds is 12. The van der Waals surface area contributed by atoms with Crippen molar-refractivity contribution >= 4 is 11.8 Å². The van der Waals surface area contributed by atoms with Crippen LogP contribution >= 0.6 is 0 Å². The summed E-state index contributed by atoms with van der Waals surface area (Å²) in [6.45, 7) is 7.27. The number of hydrogen-bond donors (Lipinski definition) is 1. The van der Waals surface area contributed by atoms with Crippen LogP contribution in [-0.2, 0) is 22.4 Å². The van der Waals surface area contributed by atoms with E-state index in [1.165, 1.54) is 30.4 Å². The Morgan fingerprint density at radius 1 is 0.971 bits per heavy atom. The summed E-state index contributed by atoms with van der Waals surface area (Å²) in [5.74, 6) is 0.791. The summed E-state index contributed by atoms with van der Waals surface area (Å²) >= 11 is 0. The summed E-state index contributed by atoms with van der Waals surface area (Å²) in [5.41, 5.74) is 2.99. The molecule has 1 aliphatic carbocycles. The first-order chi connectivity index (χ1) is 16.6. The fourth-order valence-electron chi connectivity index (χ4n) is 6.37. The number of likely N-dealkylation sites (tertiary alicyclic amines) is 2. The maximum absolute atomic E-state index is 13.7. The van der Waals surface area contributed by atoms with E-state index < -0.39 is 0 Å². The van der Waals surface area contributed by atoms with E-state index in [9.17, 15) is 9.59 Å². The van der Waals surface area contributed by atoms with Gasteiger partial charge in [-0.1, -0.05) is 76.6 Å². The largest absolute Gasteiger partial charge is 0.344 e. The Morgan fingerprint density at radius 2 is 1.68 bits per heavy atom. The number of unbranched alkanes of at least 4 members (excludes halogenated alkanes) is 5. The van der Waals surface area contributed by atoms with E-state index in [4.69, 9.17) is 0 Å². The van der Waals surface area contributed by atoms with E-state index in [1.807, 2.05) is 0 Å². The zero-order chi connectivity index (χ0) is 23.9. The predicted molar refractivity (Wildman–Crippen MR) is 138 cm³/mol. The molecule has 2 saturated heterocycles. The molecule has 5 heteroatoms. The van der Waals surface area contributed by atoms with Crippen LogP contribution in [0.4, 0.5) is 0 Å². The molecular weight excluding hydrogens is 422 g/mol. The van der Waals surface area contributed by atoms with Crippen molar-refractivity contribution in [2.45, 2.75) is 109 Å². The Balaban J connectivity index is 1.35. The Bertz CT molecular complexity index is 800. The Labute approximate surface area is 206 Å². The third-order valence-electron chi connectivity index (χ3n) is 8.39. The first kappa shape index (κ1) is 25.2. The van der Waals surface area contributed by atoms with Crippen molar-refractivity contribution < 1.29 is 9.59 Å². The molecule has 0 radical (unpaired) electrons. The van der Waals surface area contributed by atoms with Crippen LogP contribution in [0.1, 0.15) is 89.2 Å². The zero-order valence-corrected chi connectivity index (χ0v) is 21.4. The number of fused-ring (bicyclic) bond motifs is 2. The number of nitrogens with one attached hydrogen (secondary N) is 1. The molecule has 0 saturated carbocycles. The number of carbonyl (C=O) groups is 2. The molecule has 4 rings (SSSR count). The van der Waals surface area contributed by atoms with Gasteiger partial charge in [0.15, 0.2) is 0 Å². The van der Waals surface area contributed by atoms with E-state index in [0.717, 1.165) is 71.0 Å². The summed E-state index contributed by atoms with van der Waals surface area (Å²) < 4.78 is 0. The summed E-state index contributed by atoms with van der Waals surface area (Å²) in [4.78, 5) is 31.0. The molecule has 0 spiro atoms. The van der Waals surface area contributed by atoms with Crippen LogP contribution in [0.25, 0.3) is 0 Å². The van der Waals surface area contributed by atoms with Crippen molar-refractivity contribution in [2.75, 3.05) is 19.6 Å². The Kier molecular flexibility index (Phi) is 9.04. The zero-order valence-electron chi connectivity index (χ0n) is 21.4. The van der Waals surface area contributed by atoms with Gasteiger partial charge >= 0.3 is 0 Å². The average Bonchev–Trinajstić information content (AvgIpc) is 3.55. The lowest BCUT2D eigenvalue weighted by Gasteiger charge is -2.31. The molecule has 2 heterocycles. The van der Waals surface area contributed by atoms with Gasteiger partial charge in [0.1, 0.15) is 6.04 Å². The minimum Gasteiger partial charge on any atom is -0.344 e. The third-order valence-corrected chi connectivity index (χ3v) is 8.39. The van der Waals surface area contributed by atoms with E-state index in [2.05, 4.69) is 53.2 Å². The van der Waals surface area contributed by atoms with Crippen LogP contribution in [0.5, 0.6) is 0 Å². The van der Waals surface area contributed by atoms with Crippen LogP contribution in [0.2, 0.25) is 0 Å². The maximum atomic E-state index is 13.7. The molecule has 1 aromatic rings. The quantitative estimate of drug-likeness (QED) is 0.453. The highest BCUT2D eigenvalue weighted by Gasteiger charge is 2.46. The molecule has 5 nitrogen and oxygen atoms in total. The van der Waals surface area contributed by atoms with Gasteiger partial charge < -0.3 is 10.2 Å². The van der Waals surface area contributed by atoms with Gasteiger partial charge in [0.2, 0.25) is 11.8 Å². The van der Waals surface area contributed by atoms with Gasteiger partial charge in [-0.2, -0.15) is 0 Å². The van der Waals surface area contributed by atoms with Crippen LogP contribution in [-0.4, -0.2) is 59.4 Å². The Morgan fingerprint density at radius 3 is 2.38 bits per heavy atom. The van der Waals surface area contributed by atoms with Crippen molar-refractivity contribution in [1.82, 2.24) is 15.1 Å². The van der Waals surface area contributed by atoms with Gasteiger partial charge in [-0.3, -0.25) is 14.5 Å². The lowest BCUT2D eigenvalue weighted by molar-refractivity contribution is -0.137. The molecule has 34 heavy (non-hydrogen) atoms. The lowest BCUT2D eigenvalue weighted by Crippen LogP contribution is -2.51. The summed E-state index contributed by atoms with van der Waals surface area (Å²) in [6, 6.07) is 9.38. The first-order valence-electron chi connectivity index (χ1n) is 14.0. The highest BCUT2D eigenvalue weighted by molar-refractivity contribution is 5.88. The maximum Gasteiger partial charge on any atom is 0.245 e. The molecule has 3 aliphatic rings. The highest BCUT2D eigenvalue weighted by Crippen LogP contribution is 2.36. The van der Waals surface area contributed by atoms with Crippen molar-refractivity contribution in [3.05, 3.63) is 35.4 Å². The van der Waals surface area contributed by atoms with Crippen molar-refractivity contribution in [3.8, 4) is 0 Å². The second-order valence-electron chi connectivity index (χ2n) is 10.9. The van der Waals surface area contributed by atoms with E-state index in [0.29, 0.717) is 24.4 Å². The predicted octanol–water partition coefficient (Wildman–Crippen LogP) is 4.72. The molecule has 3 unspecified atom stereocenters. The van der Waals surface area contributed by atoms with Crippen LogP contribution in [0.3, 0.4) is 0 Å². The number of hydrogen-bond acceptors (Lipinski definition) is 3. The second-order valence-corrected chi connectivity index (χ2v) is 10.9. The molecule has 2 fully saturated rings. The van der Waals surface area contributed by atoms with Crippen molar-refractivity contribution in [2.24, 2.45) is 5.92 Å². The average molecular weight is 468 g/mol. The normalized spacial score (nSPS) is 23.2. The number of benzene rings is 1. The fourth-order valence-corrected chi connectivity index (χ4v) is 6.37. The van der Waals surface area contributed by atoms with Crippen molar-refractivity contribution in [3.63, 3.8) is 0 Å². The molecule has 1 aromatic carbocycles. The molecule has 2 amide bonds. The van der Waals surface area contributed by atoms with E-state index in [-0.39, 0.29) is 17.9 Å². The molecule has 1 N–H and O–H groups in total. The van der Waals surface area contributed by atoms with Crippen LogP contribution < -0.4 is 5.32 Å². The molecule has 0 bridgehead atoms. The molecular formula is C29H45N3O2. The molecule has 2 aliphatic heterocycles. The smallest absolute Gasteiger partial charge is 0.245 e. The summed E-state index contributed by atoms with van der Waals surface area (Å²) in [7, 11) is 0. The summed E-state index contributed by atoms with van der Waals surface area (Å²) in [5, 5.41) is 3.13. The first-order valence-corrected chi connectivity index (χ1v) is 14.0. The fraction of sp³-hybridized carbons (Fsp3) is 0.724. The minimum atomic E-state index is -0.352. The van der Waals surface area contributed by atoms with E-state index >= 15 is 0 Å². The van der Waals surface area contributed by atoms with Gasteiger partial charge in [-0.05, 0) is 49.1 Å². The van der Waals surface area contributed by atoms with E-state index in [1.54, 1.807) is 0 Å². The Hall–Kier alpha value is -1.88. The monoisotopic (exact) mass is 467 g/mol. The second kappa shape index (κ2) is 12.2. The van der Waals surface area contributed by atoms with Crippen LogP contribution in [0.15, 0.2) is 24.3 Å². The highest BCUT2D eigenvalue weighted by atomic mass is 16.2. The van der Waals surface area contributed by atoms with Gasteiger partial charge in [-0.15, -0.1) is 0 Å². The molecule has 188 valence electrons. The number of amides is 2. The lowest BCUT2D eigenvalue weighted by atomic mass is 10.0. The standard InChI is InChI=1S/C29H45N3O2/c1-3-5-7-8-9-14-26(30-28(33)15-6-4-2)29(34)32-17-16-24-20-31(21-27(24)32)25-18-22-12-10-11-13-23(22)19-25/h10-13,24-27H,3-9,14-21H2,1-2H3,(H,30,33). The minimum absolute atomic E-state index is 0.0428. The topological polar surface area (TPSA) is 52.7 Å². The summed E-state index contributed by atoms with van der Waals surface area (Å²) in [6.07, 6.45) is 12.4. The number of nitrogens with zero attached hydrogens (tertiary/aromatic N) is 2. The van der Waals surface area contributed by atoms with Crippen molar-refractivity contribution in [1.29, 1.82) is 0 Å². The van der Waals surface area contributed by atoms with Gasteiger partial charge in [0.25, 0.3) is 0 Å². The van der Waals surface area contributed by atoms with Gasteiger partial charge in [0.05, 0.1) is 0 Å². The van der Waals surface area contributed by atoms with Gasteiger partial charge in [-0.25, -0.2) is 0 Å². The third kappa shape index (κ3) is 6.02. The molecule has 0 aromatic heterocycles. The number of carbonyl (C=O) groups excluding carboxylic acids is 2. The molecule has 3 atom stereocenters.